The van der Waals surface area contributed by atoms with Gasteiger partial charge in [0.1, 0.15) is 11.4 Å². The maximum Gasteiger partial charge on any atom is 0.573 e. The van der Waals surface area contributed by atoms with Gasteiger partial charge < -0.3 is 20.3 Å². The van der Waals surface area contributed by atoms with Crippen LogP contribution in [0, 0.1) is 0 Å². The molecule has 0 atom stereocenters. The van der Waals surface area contributed by atoms with Crippen LogP contribution in [0.2, 0.25) is 0 Å². The lowest BCUT2D eigenvalue weighted by molar-refractivity contribution is -0.274. The first-order valence-corrected chi connectivity index (χ1v) is 8.28. The summed E-state index contributed by atoms with van der Waals surface area (Å²) >= 11 is 0. The van der Waals surface area contributed by atoms with Crippen LogP contribution in [0.15, 0.2) is 70.2 Å². The van der Waals surface area contributed by atoms with E-state index in [4.69, 9.17) is 10.3 Å². The third kappa shape index (κ3) is 5.76. The Morgan fingerprint density at radius 1 is 1.11 bits per heavy atom. The molecule has 1 heterocycles. The quantitative estimate of drug-likeness (QED) is 0.493. The summed E-state index contributed by atoms with van der Waals surface area (Å²) < 4.78 is 45.5. The maximum atomic E-state index is 12.1. The number of benzene rings is 2. The van der Waals surface area contributed by atoms with Gasteiger partial charge in [-0.2, -0.15) is 0 Å². The lowest BCUT2D eigenvalue weighted by Crippen LogP contribution is -2.31. The number of ether oxygens (including phenoxy) is 1. The van der Waals surface area contributed by atoms with Crippen LogP contribution in [0.5, 0.6) is 5.75 Å². The van der Waals surface area contributed by atoms with Crippen LogP contribution in [0.3, 0.4) is 0 Å². The van der Waals surface area contributed by atoms with Crippen LogP contribution < -0.4 is 15.8 Å². The molecule has 146 valence electrons. The molecular weight excluding hydrogens is 373 g/mol. The minimum atomic E-state index is -4.71. The van der Waals surface area contributed by atoms with Crippen molar-refractivity contribution in [1.29, 1.82) is 0 Å². The molecular formula is C19H17F3N4O2. The van der Waals surface area contributed by atoms with Crippen molar-refractivity contribution in [1.82, 2.24) is 10.5 Å². The third-order valence-corrected chi connectivity index (χ3v) is 3.66. The second kappa shape index (κ2) is 8.47. The fourth-order valence-electron chi connectivity index (χ4n) is 2.34. The Morgan fingerprint density at radius 3 is 2.50 bits per heavy atom. The van der Waals surface area contributed by atoms with E-state index >= 15 is 0 Å². The van der Waals surface area contributed by atoms with Gasteiger partial charge in [0, 0.05) is 11.6 Å². The van der Waals surface area contributed by atoms with E-state index in [-0.39, 0.29) is 18.3 Å². The molecule has 0 amide bonds. The molecule has 2 aromatic carbocycles. The predicted octanol–water partition coefficient (Wildman–Crippen LogP) is 3.84. The molecule has 0 saturated carbocycles. The highest BCUT2D eigenvalue weighted by molar-refractivity contribution is 5.77. The highest BCUT2D eigenvalue weighted by Crippen LogP contribution is 2.23. The van der Waals surface area contributed by atoms with E-state index in [1.54, 1.807) is 6.07 Å². The van der Waals surface area contributed by atoms with Crippen molar-refractivity contribution in [2.24, 2.45) is 10.7 Å². The van der Waals surface area contributed by atoms with Crippen molar-refractivity contribution < 1.29 is 22.4 Å². The summed E-state index contributed by atoms with van der Waals surface area (Å²) in [5.74, 6) is 0.542. The molecule has 0 bridgehead atoms. The Balaban J connectivity index is 1.50. The van der Waals surface area contributed by atoms with Crippen molar-refractivity contribution in [3.05, 3.63) is 71.9 Å². The van der Waals surface area contributed by atoms with Crippen LogP contribution >= 0.6 is 0 Å². The van der Waals surface area contributed by atoms with E-state index in [2.05, 4.69) is 20.2 Å². The summed E-state index contributed by atoms with van der Waals surface area (Å²) in [6, 6.07) is 16.8. The fraction of sp³-hybridized carbons (Fsp3) is 0.158. The Kier molecular flexibility index (Phi) is 5.83. The second-order valence-electron chi connectivity index (χ2n) is 5.80. The number of rotatable bonds is 6. The van der Waals surface area contributed by atoms with Gasteiger partial charge in [-0.05, 0) is 17.7 Å². The molecule has 0 aliphatic rings. The summed E-state index contributed by atoms with van der Waals surface area (Å²) in [6.07, 6.45) is -4.71. The van der Waals surface area contributed by atoms with Gasteiger partial charge in [-0.15, -0.1) is 13.2 Å². The molecule has 0 fully saturated rings. The number of hydrogen-bond acceptors (Lipinski definition) is 4. The Hall–Kier alpha value is -3.49. The monoisotopic (exact) mass is 390 g/mol. The van der Waals surface area contributed by atoms with E-state index in [0.717, 1.165) is 5.56 Å². The van der Waals surface area contributed by atoms with E-state index in [1.165, 1.54) is 24.3 Å². The standard InChI is InChI=1S/C19H17F3N4O2/c20-19(21,22)27-16-8-6-13(7-9-16)11-24-18(23)25-12-15-10-17(28-26-15)14-4-2-1-3-5-14/h1-10H,11-12H2,(H3,23,24,25). The predicted molar refractivity (Wildman–Crippen MR) is 97.2 cm³/mol. The van der Waals surface area contributed by atoms with Crippen molar-refractivity contribution in [2.45, 2.75) is 19.5 Å². The van der Waals surface area contributed by atoms with E-state index in [9.17, 15) is 13.2 Å². The minimum Gasteiger partial charge on any atom is -0.406 e. The number of nitrogens with one attached hydrogen (secondary N) is 1. The van der Waals surface area contributed by atoms with Gasteiger partial charge in [-0.3, -0.25) is 0 Å². The highest BCUT2D eigenvalue weighted by atomic mass is 19.4. The van der Waals surface area contributed by atoms with Crippen molar-refractivity contribution in [3.8, 4) is 17.1 Å². The van der Waals surface area contributed by atoms with Gasteiger partial charge in [-0.1, -0.05) is 47.6 Å². The Morgan fingerprint density at radius 2 is 1.82 bits per heavy atom. The third-order valence-electron chi connectivity index (χ3n) is 3.66. The smallest absolute Gasteiger partial charge is 0.406 e. The number of alkyl halides is 3. The molecule has 0 aliphatic heterocycles. The molecule has 0 aliphatic carbocycles. The summed E-state index contributed by atoms with van der Waals surface area (Å²) in [5, 5.41) is 6.88. The summed E-state index contributed by atoms with van der Waals surface area (Å²) in [6.45, 7) is 0.531. The van der Waals surface area contributed by atoms with E-state index in [0.29, 0.717) is 23.6 Å². The van der Waals surface area contributed by atoms with Gasteiger partial charge >= 0.3 is 6.36 Å². The molecule has 9 heteroatoms. The molecule has 0 spiro atoms. The Bertz CT molecular complexity index is 922. The molecule has 3 rings (SSSR count). The molecule has 0 unspecified atom stereocenters. The lowest BCUT2D eigenvalue weighted by Gasteiger charge is -2.09. The number of hydrogen-bond donors (Lipinski definition) is 2. The summed E-state index contributed by atoms with van der Waals surface area (Å²) in [7, 11) is 0. The van der Waals surface area contributed by atoms with Crippen molar-refractivity contribution in [3.63, 3.8) is 0 Å². The van der Waals surface area contributed by atoms with Gasteiger partial charge in [0.15, 0.2) is 11.7 Å². The average molecular weight is 390 g/mol. The van der Waals surface area contributed by atoms with Gasteiger partial charge in [-0.25, -0.2) is 4.99 Å². The first-order valence-electron chi connectivity index (χ1n) is 8.28. The zero-order valence-electron chi connectivity index (χ0n) is 14.6. The van der Waals surface area contributed by atoms with Crippen LogP contribution in [0.1, 0.15) is 11.3 Å². The van der Waals surface area contributed by atoms with Crippen LogP contribution in [0.4, 0.5) is 13.2 Å². The molecule has 0 saturated heterocycles. The number of guanidine groups is 1. The van der Waals surface area contributed by atoms with Crippen molar-refractivity contribution >= 4 is 5.96 Å². The minimum absolute atomic E-state index is 0.180. The van der Waals surface area contributed by atoms with Crippen LogP contribution in [0.25, 0.3) is 11.3 Å². The van der Waals surface area contributed by atoms with Crippen LogP contribution in [-0.4, -0.2) is 17.5 Å². The molecule has 3 N–H and O–H groups in total. The van der Waals surface area contributed by atoms with E-state index in [1.807, 2.05) is 30.3 Å². The number of halogens is 3. The summed E-state index contributed by atoms with van der Waals surface area (Å²) in [4.78, 5) is 4.14. The molecule has 3 aromatic rings. The fourth-order valence-corrected chi connectivity index (χ4v) is 2.34. The average Bonchev–Trinajstić information content (AvgIpc) is 3.14. The van der Waals surface area contributed by atoms with Gasteiger partial charge in [0.05, 0.1) is 13.1 Å². The largest absolute Gasteiger partial charge is 0.573 e. The topological polar surface area (TPSA) is 85.7 Å². The number of nitrogens with two attached hydrogens (primary N) is 1. The SMILES string of the molecule is NC(=NCc1ccc(OC(F)(F)F)cc1)NCc1cc(-c2ccccc2)on1. The van der Waals surface area contributed by atoms with Crippen molar-refractivity contribution in [2.75, 3.05) is 0 Å². The van der Waals surface area contributed by atoms with Crippen LogP contribution in [-0.2, 0) is 13.1 Å². The highest BCUT2D eigenvalue weighted by Gasteiger charge is 2.30. The molecule has 28 heavy (non-hydrogen) atoms. The first-order chi connectivity index (χ1) is 13.4. The molecule has 1 aromatic heterocycles. The lowest BCUT2D eigenvalue weighted by atomic mass is 10.2. The zero-order chi connectivity index (χ0) is 20.0. The zero-order valence-corrected chi connectivity index (χ0v) is 14.6. The normalized spacial score (nSPS) is 12.0. The number of aromatic nitrogens is 1. The first kappa shape index (κ1) is 19.3. The summed E-state index contributed by atoms with van der Waals surface area (Å²) in [5.41, 5.74) is 8.07. The maximum absolute atomic E-state index is 12.1. The number of aliphatic imine (C=N–C) groups is 1. The van der Waals surface area contributed by atoms with Gasteiger partial charge in [0.25, 0.3) is 0 Å². The second-order valence-corrected chi connectivity index (χ2v) is 5.80. The Labute approximate surface area is 158 Å². The molecule has 0 radical (unpaired) electrons. The number of nitrogens with zero attached hydrogens (tertiary/aromatic N) is 2. The van der Waals surface area contributed by atoms with Gasteiger partial charge in [0.2, 0.25) is 0 Å². The van der Waals surface area contributed by atoms with E-state index < -0.39 is 6.36 Å². The molecule has 6 nitrogen and oxygen atoms in total.